The van der Waals surface area contributed by atoms with E-state index in [1.807, 2.05) is 48.5 Å². The van der Waals surface area contributed by atoms with E-state index in [9.17, 15) is 10.0 Å². The minimum Gasteiger partial charge on any atom is -0.508 e. The first-order valence-corrected chi connectivity index (χ1v) is 9.55. The van der Waals surface area contributed by atoms with Crippen LogP contribution in [0.4, 0.5) is 11.4 Å². The summed E-state index contributed by atoms with van der Waals surface area (Å²) in [5, 5.41) is 12.3. The third kappa shape index (κ3) is 6.54. The normalized spacial score (nSPS) is 11.4. The molecule has 0 fully saturated rings. The summed E-state index contributed by atoms with van der Waals surface area (Å²) in [4.78, 5) is 14.8. The molecule has 4 nitrogen and oxygen atoms in total. The number of hydrogen-bond acceptors (Lipinski definition) is 4. The van der Waals surface area contributed by atoms with Crippen LogP contribution in [0.3, 0.4) is 0 Å². The molecule has 0 radical (unpaired) electrons. The zero-order chi connectivity index (χ0) is 21.1. The van der Waals surface area contributed by atoms with Crippen molar-refractivity contribution in [3.05, 3.63) is 101 Å². The largest absolute Gasteiger partial charge is 0.508 e. The first kappa shape index (κ1) is 21.8. The van der Waals surface area contributed by atoms with Gasteiger partial charge in [-0.3, -0.25) is 4.99 Å². The number of phenols is 1. The smallest absolute Gasteiger partial charge is 0.133 e. The number of aromatic hydroxyl groups is 1. The number of aliphatic imine (C=N–C) groups is 1. The zero-order valence-corrected chi connectivity index (χ0v) is 16.8. The fourth-order valence-corrected chi connectivity index (χ4v) is 2.64. The van der Waals surface area contributed by atoms with E-state index in [1.54, 1.807) is 36.6 Å². The van der Waals surface area contributed by atoms with Crippen LogP contribution in [0.1, 0.15) is 42.9 Å². The zero-order valence-electron chi connectivity index (χ0n) is 16.8. The van der Waals surface area contributed by atoms with E-state index in [0.717, 1.165) is 23.1 Å². The number of phenolic OH excluding ortho intramolecular Hbond substituents is 1. The standard InChI is InChI=1S/C15H12N2O.C10H14O/c1-2-12-7-9-13(10-8-12)11-16-14-5-3-4-6-15(14)17-18;1-3-8(2)9-6-4-5-7-10(9)11/h2-11H,1H2;4-8,11H,3H2,1-2H3. The number of hydrogen-bond donors (Lipinski definition) is 1. The number of nitroso groups, excluding NO2 is 1. The van der Waals surface area contributed by atoms with E-state index in [-0.39, 0.29) is 0 Å². The number of para-hydroxylation sites is 2. The summed E-state index contributed by atoms with van der Waals surface area (Å²) in [5.41, 5.74) is 3.98. The molecule has 0 heterocycles. The monoisotopic (exact) mass is 386 g/mol. The molecule has 0 bridgehead atoms. The Morgan fingerprint density at radius 1 is 0.931 bits per heavy atom. The lowest BCUT2D eigenvalue weighted by molar-refractivity contribution is 0.462. The molecule has 29 heavy (non-hydrogen) atoms. The highest BCUT2D eigenvalue weighted by atomic mass is 16.3. The molecule has 0 saturated heterocycles. The summed E-state index contributed by atoms with van der Waals surface area (Å²) in [7, 11) is 0. The fourth-order valence-electron chi connectivity index (χ4n) is 2.64. The van der Waals surface area contributed by atoms with Crippen molar-refractivity contribution in [3.8, 4) is 5.75 Å². The predicted molar refractivity (Wildman–Crippen MR) is 122 cm³/mol. The fraction of sp³-hybridized carbons (Fsp3) is 0.160. The molecule has 3 aromatic rings. The maximum absolute atomic E-state index is 10.6. The third-order valence-electron chi connectivity index (χ3n) is 4.59. The Morgan fingerprint density at radius 3 is 2.10 bits per heavy atom. The van der Waals surface area contributed by atoms with Crippen molar-refractivity contribution < 1.29 is 5.11 Å². The Kier molecular flexibility index (Phi) is 8.51. The first-order valence-electron chi connectivity index (χ1n) is 9.55. The van der Waals surface area contributed by atoms with Crippen LogP contribution >= 0.6 is 0 Å². The van der Waals surface area contributed by atoms with Gasteiger partial charge in [-0.05, 0) is 52.4 Å². The Hall–Kier alpha value is -3.53. The van der Waals surface area contributed by atoms with Crippen LogP contribution in [-0.4, -0.2) is 11.3 Å². The van der Waals surface area contributed by atoms with Gasteiger partial charge in [-0.25, -0.2) is 0 Å². The van der Waals surface area contributed by atoms with Crippen molar-refractivity contribution in [1.29, 1.82) is 0 Å². The first-order chi connectivity index (χ1) is 14.1. The number of benzene rings is 3. The lowest BCUT2D eigenvalue weighted by atomic mass is 9.98. The summed E-state index contributed by atoms with van der Waals surface area (Å²) < 4.78 is 0. The van der Waals surface area contributed by atoms with Crippen LogP contribution in [0, 0.1) is 4.91 Å². The van der Waals surface area contributed by atoms with Gasteiger partial charge in [0.2, 0.25) is 0 Å². The van der Waals surface area contributed by atoms with E-state index in [4.69, 9.17) is 0 Å². The van der Waals surface area contributed by atoms with Crippen molar-refractivity contribution in [1.82, 2.24) is 0 Å². The highest BCUT2D eigenvalue weighted by molar-refractivity contribution is 5.83. The van der Waals surface area contributed by atoms with Gasteiger partial charge in [-0.2, -0.15) is 0 Å². The van der Waals surface area contributed by atoms with E-state index >= 15 is 0 Å². The quantitative estimate of drug-likeness (QED) is 0.355. The summed E-state index contributed by atoms with van der Waals surface area (Å²) in [6.07, 6.45) is 4.56. The average Bonchev–Trinajstić information content (AvgIpc) is 2.78. The maximum atomic E-state index is 10.6. The van der Waals surface area contributed by atoms with Gasteiger partial charge in [0.1, 0.15) is 11.4 Å². The molecular formula is C25H26N2O2. The van der Waals surface area contributed by atoms with Gasteiger partial charge >= 0.3 is 0 Å². The molecule has 0 aliphatic heterocycles. The highest BCUT2D eigenvalue weighted by Gasteiger charge is 2.05. The van der Waals surface area contributed by atoms with E-state index < -0.39 is 0 Å². The number of nitrogens with zero attached hydrogens (tertiary/aromatic N) is 2. The molecule has 1 N–H and O–H groups in total. The SMILES string of the molecule is C=Cc1ccc(C=Nc2ccccc2N=O)cc1.CCC(C)c1ccccc1O. The Labute approximate surface area is 172 Å². The Bertz CT molecular complexity index is 963. The molecule has 3 rings (SSSR count). The van der Waals surface area contributed by atoms with Crippen LogP contribution in [0.15, 0.2) is 89.5 Å². The second-order valence-corrected chi connectivity index (χ2v) is 6.58. The van der Waals surface area contributed by atoms with Crippen molar-refractivity contribution in [3.63, 3.8) is 0 Å². The summed E-state index contributed by atoms with van der Waals surface area (Å²) in [6.45, 7) is 7.94. The summed E-state index contributed by atoms with van der Waals surface area (Å²) >= 11 is 0. The van der Waals surface area contributed by atoms with Crippen LogP contribution in [0.2, 0.25) is 0 Å². The van der Waals surface area contributed by atoms with E-state index in [2.05, 4.69) is 30.6 Å². The summed E-state index contributed by atoms with van der Waals surface area (Å²) in [6, 6.07) is 22.3. The average molecular weight is 386 g/mol. The van der Waals surface area contributed by atoms with E-state index in [1.165, 1.54) is 0 Å². The molecule has 4 heteroatoms. The van der Waals surface area contributed by atoms with Crippen LogP contribution in [0.25, 0.3) is 6.08 Å². The van der Waals surface area contributed by atoms with Gasteiger partial charge in [0.25, 0.3) is 0 Å². The van der Waals surface area contributed by atoms with Gasteiger partial charge in [0.05, 0.1) is 5.69 Å². The molecule has 0 aliphatic carbocycles. The minimum atomic E-state index is 0.344. The van der Waals surface area contributed by atoms with Crippen molar-refractivity contribution in [2.45, 2.75) is 26.2 Å². The molecule has 148 valence electrons. The van der Waals surface area contributed by atoms with Crippen LogP contribution in [-0.2, 0) is 0 Å². The minimum absolute atomic E-state index is 0.344. The molecule has 0 aliphatic rings. The molecule has 1 atom stereocenters. The maximum Gasteiger partial charge on any atom is 0.133 e. The lowest BCUT2D eigenvalue weighted by Crippen LogP contribution is -1.90. The van der Waals surface area contributed by atoms with E-state index in [0.29, 0.717) is 23.0 Å². The van der Waals surface area contributed by atoms with Gasteiger partial charge in [-0.15, -0.1) is 4.91 Å². The van der Waals surface area contributed by atoms with Gasteiger partial charge in [-0.1, -0.05) is 81.1 Å². The molecule has 0 amide bonds. The molecule has 1 unspecified atom stereocenters. The Morgan fingerprint density at radius 2 is 1.52 bits per heavy atom. The number of rotatable bonds is 6. The predicted octanol–water partition coefficient (Wildman–Crippen LogP) is 7.38. The molecule has 0 spiro atoms. The van der Waals surface area contributed by atoms with Crippen molar-refractivity contribution in [2.24, 2.45) is 10.2 Å². The lowest BCUT2D eigenvalue weighted by Gasteiger charge is -2.09. The molecule has 0 saturated carbocycles. The van der Waals surface area contributed by atoms with Crippen LogP contribution < -0.4 is 0 Å². The summed E-state index contributed by atoms with van der Waals surface area (Å²) in [5.74, 6) is 0.873. The van der Waals surface area contributed by atoms with Crippen molar-refractivity contribution >= 4 is 23.7 Å². The topological polar surface area (TPSA) is 62.0 Å². The molecule has 0 aromatic heterocycles. The van der Waals surface area contributed by atoms with Gasteiger partial charge in [0.15, 0.2) is 0 Å². The van der Waals surface area contributed by atoms with Gasteiger partial charge in [0, 0.05) is 6.21 Å². The van der Waals surface area contributed by atoms with Crippen LogP contribution in [0.5, 0.6) is 5.75 Å². The van der Waals surface area contributed by atoms with Crippen molar-refractivity contribution in [2.75, 3.05) is 0 Å². The molecular weight excluding hydrogens is 360 g/mol. The molecule has 3 aromatic carbocycles. The Balaban J connectivity index is 0.000000234. The second kappa shape index (κ2) is 11.3. The second-order valence-electron chi connectivity index (χ2n) is 6.58. The third-order valence-corrected chi connectivity index (χ3v) is 4.59. The highest BCUT2D eigenvalue weighted by Crippen LogP contribution is 2.27. The van der Waals surface area contributed by atoms with Gasteiger partial charge < -0.3 is 5.11 Å².